The number of para-hydroxylation sites is 1. The van der Waals surface area contributed by atoms with E-state index in [1.807, 2.05) is 30.3 Å². The summed E-state index contributed by atoms with van der Waals surface area (Å²) in [7, 11) is 0. The van der Waals surface area contributed by atoms with Gasteiger partial charge in [0.25, 0.3) is 0 Å². The molecule has 5 nitrogen and oxygen atoms in total. The monoisotopic (exact) mass is 493 g/mol. The highest BCUT2D eigenvalue weighted by molar-refractivity contribution is 9.10. The number of thiazole rings is 1. The van der Waals surface area contributed by atoms with Gasteiger partial charge in [0.1, 0.15) is 5.75 Å². The van der Waals surface area contributed by atoms with E-state index in [1.165, 1.54) is 5.69 Å². The number of ether oxygens (including phenoxy) is 1. The molecule has 1 aliphatic rings. The van der Waals surface area contributed by atoms with Crippen LogP contribution in [0.2, 0.25) is 0 Å². The van der Waals surface area contributed by atoms with Gasteiger partial charge in [-0.2, -0.15) is 0 Å². The second-order valence-electron chi connectivity index (χ2n) is 7.33. The summed E-state index contributed by atoms with van der Waals surface area (Å²) in [6, 6.07) is 23.3. The van der Waals surface area contributed by atoms with Crippen LogP contribution in [0, 0.1) is 0 Å². The maximum atomic E-state index is 12.4. The molecule has 1 aliphatic heterocycles. The molecular formula is C24H20BrN3O2S. The Morgan fingerprint density at radius 3 is 2.35 bits per heavy atom. The van der Waals surface area contributed by atoms with Crippen molar-refractivity contribution >= 4 is 54.3 Å². The number of hydrogen-bond acceptors (Lipinski definition) is 6. The van der Waals surface area contributed by atoms with E-state index in [1.54, 1.807) is 29.5 Å². The largest absolute Gasteiger partial charge is 0.423 e. The second kappa shape index (κ2) is 8.69. The molecule has 4 aromatic rings. The minimum absolute atomic E-state index is 0.367. The molecule has 156 valence electrons. The zero-order valence-electron chi connectivity index (χ0n) is 16.7. The van der Waals surface area contributed by atoms with Gasteiger partial charge in [-0.3, -0.25) is 0 Å². The van der Waals surface area contributed by atoms with E-state index in [0.717, 1.165) is 46.0 Å². The maximum Gasteiger partial charge on any atom is 0.343 e. The first kappa shape index (κ1) is 20.0. The van der Waals surface area contributed by atoms with E-state index < -0.39 is 0 Å². The molecule has 7 heteroatoms. The van der Waals surface area contributed by atoms with Gasteiger partial charge < -0.3 is 14.5 Å². The van der Waals surface area contributed by atoms with Gasteiger partial charge in [0.15, 0.2) is 5.13 Å². The molecule has 1 aromatic heterocycles. The third-order valence-corrected chi connectivity index (χ3v) is 6.92. The van der Waals surface area contributed by atoms with Crippen LogP contribution in [0.5, 0.6) is 5.75 Å². The van der Waals surface area contributed by atoms with Crippen LogP contribution in [0.4, 0.5) is 10.8 Å². The summed E-state index contributed by atoms with van der Waals surface area (Å²) < 4.78 is 7.51. The Bertz CT molecular complexity index is 1200. The standard InChI is InChI=1S/C24H20BrN3O2S/c25-18-8-6-17(7-9-18)23(29)30-20-10-11-21-22(16-20)31-24(26-21)28-14-12-27(13-15-28)19-4-2-1-3-5-19/h1-11,16H,12-15H2. The minimum Gasteiger partial charge on any atom is -0.423 e. The first-order chi connectivity index (χ1) is 15.2. The Hall–Kier alpha value is -2.90. The Balaban J connectivity index is 1.27. The van der Waals surface area contributed by atoms with E-state index in [9.17, 15) is 4.79 Å². The molecule has 0 atom stereocenters. The second-order valence-corrected chi connectivity index (χ2v) is 9.26. The molecule has 0 aliphatic carbocycles. The Morgan fingerprint density at radius 2 is 1.61 bits per heavy atom. The van der Waals surface area contributed by atoms with E-state index in [2.05, 4.69) is 50.0 Å². The van der Waals surface area contributed by atoms with Crippen LogP contribution in [0.1, 0.15) is 10.4 Å². The highest BCUT2D eigenvalue weighted by Crippen LogP contribution is 2.32. The van der Waals surface area contributed by atoms with Crippen LogP contribution in [0.15, 0.2) is 77.3 Å². The Morgan fingerprint density at radius 1 is 0.903 bits per heavy atom. The van der Waals surface area contributed by atoms with E-state index in [0.29, 0.717) is 11.3 Å². The van der Waals surface area contributed by atoms with Gasteiger partial charge >= 0.3 is 5.97 Å². The van der Waals surface area contributed by atoms with Crippen molar-refractivity contribution in [2.75, 3.05) is 36.0 Å². The van der Waals surface area contributed by atoms with Crippen molar-refractivity contribution in [3.8, 4) is 5.75 Å². The van der Waals surface area contributed by atoms with Crippen LogP contribution >= 0.6 is 27.3 Å². The van der Waals surface area contributed by atoms with Crippen molar-refractivity contribution in [1.29, 1.82) is 0 Å². The maximum absolute atomic E-state index is 12.4. The van der Waals surface area contributed by atoms with Crippen LogP contribution < -0.4 is 14.5 Å². The fourth-order valence-electron chi connectivity index (χ4n) is 3.64. The number of esters is 1. The van der Waals surface area contributed by atoms with Gasteiger partial charge in [0.05, 0.1) is 15.8 Å². The number of aromatic nitrogens is 1. The third kappa shape index (κ3) is 4.43. The van der Waals surface area contributed by atoms with Crippen molar-refractivity contribution in [3.05, 3.63) is 82.8 Å². The first-order valence-electron chi connectivity index (χ1n) is 10.1. The zero-order valence-corrected chi connectivity index (χ0v) is 19.1. The first-order valence-corrected chi connectivity index (χ1v) is 11.7. The topological polar surface area (TPSA) is 45.7 Å². The lowest BCUT2D eigenvalue weighted by molar-refractivity contribution is 0.0735. The molecule has 0 bridgehead atoms. The van der Waals surface area contributed by atoms with Crippen molar-refractivity contribution in [3.63, 3.8) is 0 Å². The van der Waals surface area contributed by atoms with Gasteiger partial charge in [0, 0.05) is 42.4 Å². The van der Waals surface area contributed by atoms with Crippen LogP contribution in [-0.2, 0) is 0 Å². The van der Waals surface area contributed by atoms with Crippen LogP contribution in [0.3, 0.4) is 0 Å². The summed E-state index contributed by atoms with van der Waals surface area (Å²) in [6.45, 7) is 3.80. The third-order valence-electron chi connectivity index (χ3n) is 5.31. The highest BCUT2D eigenvalue weighted by atomic mass is 79.9. The molecular weight excluding hydrogens is 474 g/mol. The molecule has 0 amide bonds. The molecule has 0 radical (unpaired) electrons. The summed E-state index contributed by atoms with van der Waals surface area (Å²) in [6.07, 6.45) is 0. The number of halogens is 1. The molecule has 2 heterocycles. The summed E-state index contributed by atoms with van der Waals surface area (Å²) in [5, 5.41) is 1.01. The van der Waals surface area contributed by atoms with Crippen LogP contribution in [0.25, 0.3) is 10.2 Å². The molecule has 0 saturated carbocycles. The number of anilines is 2. The SMILES string of the molecule is O=C(Oc1ccc2nc(N3CCN(c4ccccc4)CC3)sc2c1)c1ccc(Br)cc1. The Kier molecular flexibility index (Phi) is 5.61. The van der Waals surface area contributed by atoms with E-state index >= 15 is 0 Å². The van der Waals surface area contributed by atoms with Crippen molar-refractivity contribution in [2.45, 2.75) is 0 Å². The fraction of sp³-hybridized carbons (Fsp3) is 0.167. The van der Waals surface area contributed by atoms with Gasteiger partial charge in [0.2, 0.25) is 0 Å². The smallest absolute Gasteiger partial charge is 0.343 e. The molecule has 0 unspecified atom stereocenters. The van der Waals surface area contributed by atoms with Crippen molar-refractivity contribution < 1.29 is 9.53 Å². The van der Waals surface area contributed by atoms with E-state index in [4.69, 9.17) is 9.72 Å². The number of carbonyl (C=O) groups is 1. The number of benzene rings is 3. The number of hydrogen-bond donors (Lipinski definition) is 0. The minimum atomic E-state index is -0.367. The number of carbonyl (C=O) groups excluding carboxylic acids is 1. The van der Waals surface area contributed by atoms with Crippen molar-refractivity contribution in [1.82, 2.24) is 4.98 Å². The van der Waals surface area contributed by atoms with Gasteiger partial charge in [-0.1, -0.05) is 45.5 Å². The number of nitrogens with zero attached hydrogens (tertiary/aromatic N) is 3. The summed E-state index contributed by atoms with van der Waals surface area (Å²) >= 11 is 5.01. The molecule has 1 saturated heterocycles. The lowest BCUT2D eigenvalue weighted by Crippen LogP contribution is -2.46. The van der Waals surface area contributed by atoms with Crippen molar-refractivity contribution in [2.24, 2.45) is 0 Å². The number of rotatable bonds is 4. The predicted molar refractivity (Wildman–Crippen MR) is 130 cm³/mol. The number of fused-ring (bicyclic) bond motifs is 1. The summed E-state index contributed by atoms with van der Waals surface area (Å²) in [4.78, 5) is 21.9. The summed E-state index contributed by atoms with van der Waals surface area (Å²) in [5.74, 6) is 0.165. The molecule has 0 N–H and O–H groups in total. The molecule has 0 spiro atoms. The van der Waals surface area contributed by atoms with Crippen LogP contribution in [-0.4, -0.2) is 37.1 Å². The van der Waals surface area contributed by atoms with E-state index in [-0.39, 0.29) is 5.97 Å². The van der Waals surface area contributed by atoms with Gasteiger partial charge in [-0.05, 0) is 48.5 Å². The molecule has 1 fully saturated rings. The lowest BCUT2D eigenvalue weighted by atomic mass is 10.2. The van der Waals surface area contributed by atoms with Gasteiger partial charge in [-0.25, -0.2) is 9.78 Å². The quantitative estimate of drug-likeness (QED) is 0.273. The zero-order chi connectivity index (χ0) is 21.2. The van der Waals surface area contributed by atoms with Gasteiger partial charge in [-0.15, -0.1) is 0 Å². The molecule has 3 aromatic carbocycles. The lowest BCUT2D eigenvalue weighted by Gasteiger charge is -2.35. The fourth-order valence-corrected chi connectivity index (χ4v) is 4.95. The normalized spacial score (nSPS) is 14.1. The Labute approximate surface area is 193 Å². The molecule has 31 heavy (non-hydrogen) atoms. The predicted octanol–water partition coefficient (Wildman–Crippen LogP) is 5.60. The average Bonchev–Trinajstić information content (AvgIpc) is 3.24. The summed E-state index contributed by atoms with van der Waals surface area (Å²) in [5.41, 5.74) is 2.71. The molecule has 5 rings (SSSR count). The number of piperazine rings is 1. The highest BCUT2D eigenvalue weighted by Gasteiger charge is 2.20. The average molecular weight is 494 g/mol.